The largest absolute Gasteiger partial charge is 0.492 e. The lowest BCUT2D eigenvalue weighted by Gasteiger charge is -2.26. The quantitative estimate of drug-likeness (QED) is 0.116. The molecule has 218 valence electrons. The van der Waals surface area contributed by atoms with E-state index in [9.17, 15) is 14.7 Å². The molecule has 1 aliphatic rings. The van der Waals surface area contributed by atoms with Crippen molar-refractivity contribution in [2.24, 2.45) is 0 Å². The number of H-pyrrole nitrogens is 2. The van der Waals surface area contributed by atoms with Gasteiger partial charge in [0.05, 0.1) is 36.3 Å². The zero-order chi connectivity index (χ0) is 30.6. The van der Waals surface area contributed by atoms with Crippen LogP contribution in [-0.4, -0.2) is 51.8 Å². The van der Waals surface area contributed by atoms with Gasteiger partial charge in [0.2, 0.25) is 11.6 Å². The molecule has 2 heterocycles. The maximum Gasteiger partial charge on any atom is 0.232 e. The van der Waals surface area contributed by atoms with E-state index in [1.807, 2.05) is 56.3 Å². The number of alkyl halides is 1. The molecule has 0 spiro atoms. The third-order valence-electron chi connectivity index (χ3n) is 8.12. The van der Waals surface area contributed by atoms with Crippen LogP contribution in [-0.2, 0) is 30.9 Å². The van der Waals surface area contributed by atoms with Crippen LogP contribution in [0.5, 0.6) is 0 Å². The van der Waals surface area contributed by atoms with Crippen molar-refractivity contribution in [1.82, 2.24) is 9.97 Å². The van der Waals surface area contributed by atoms with Crippen LogP contribution in [0.1, 0.15) is 50.1 Å². The second-order valence-corrected chi connectivity index (χ2v) is 12.6. The standard InChI is InChI=1S/C34H35ClN2O5/c1-8-33(2,3)32-24(20-13-9-10-15-22(20)37-32)26-29(40)30(41-6)25(28(39)31(26)42-7)21-17-36-27-18(12-11-14-19(21)27)16-23(38)34(4,5)35/h8-15,17,23,36-38H,1,16H2,2-7H3/t23-/m0/s1. The predicted molar refractivity (Wildman–Crippen MR) is 167 cm³/mol. The highest BCUT2D eigenvalue weighted by Gasteiger charge is 2.42. The molecule has 2 aromatic heterocycles. The van der Waals surface area contributed by atoms with Crippen LogP contribution in [0, 0.1) is 0 Å². The van der Waals surface area contributed by atoms with E-state index in [1.54, 1.807) is 26.1 Å². The first-order valence-corrected chi connectivity index (χ1v) is 14.1. The number of ketones is 2. The minimum atomic E-state index is -0.828. The van der Waals surface area contributed by atoms with Crippen LogP contribution in [0.4, 0.5) is 0 Å². The van der Waals surface area contributed by atoms with Crippen LogP contribution < -0.4 is 0 Å². The lowest BCUT2D eigenvalue weighted by molar-refractivity contribution is -0.117. The van der Waals surface area contributed by atoms with Gasteiger partial charge >= 0.3 is 0 Å². The third kappa shape index (κ3) is 4.67. The fourth-order valence-electron chi connectivity index (χ4n) is 5.55. The molecule has 42 heavy (non-hydrogen) atoms. The van der Waals surface area contributed by atoms with Gasteiger partial charge in [0.15, 0.2) is 11.5 Å². The molecule has 1 atom stereocenters. The molecule has 2 aromatic carbocycles. The highest BCUT2D eigenvalue weighted by molar-refractivity contribution is 6.48. The first-order valence-electron chi connectivity index (χ1n) is 13.7. The van der Waals surface area contributed by atoms with E-state index >= 15 is 0 Å². The predicted octanol–water partition coefficient (Wildman–Crippen LogP) is 6.60. The molecule has 8 heteroatoms. The number of aromatic amines is 2. The lowest BCUT2D eigenvalue weighted by Crippen LogP contribution is -2.32. The molecular weight excluding hydrogens is 552 g/mol. The van der Waals surface area contributed by atoms with E-state index in [4.69, 9.17) is 21.1 Å². The van der Waals surface area contributed by atoms with Crippen LogP contribution in [0.3, 0.4) is 0 Å². The fraction of sp³-hybridized carbons (Fsp3) is 0.294. The summed E-state index contributed by atoms with van der Waals surface area (Å²) in [5.41, 5.74) is 3.88. The Bertz CT molecular complexity index is 1810. The van der Waals surface area contributed by atoms with Crippen LogP contribution in [0.25, 0.3) is 33.0 Å². The number of nitrogens with one attached hydrogen (secondary N) is 2. The number of hydrogen-bond acceptors (Lipinski definition) is 5. The Morgan fingerprint density at radius 3 is 2.21 bits per heavy atom. The topological polar surface area (TPSA) is 104 Å². The van der Waals surface area contributed by atoms with E-state index < -0.39 is 28.0 Å². The number of allylic oxidation sites excluding steroid dienone is 3. The van der Waals surface area contributed by atoms with Crippen LogP contribution in [0.2, 0.25) is 0 Å². The molecule has 5 rings (SSSR count). The van der Waals surface area contributed by atoms with Crippen molar-refractivity contribution in [2.75, 3.05) is 14.2 Å². The molecule has 0 saturated heterocycles. The van der Waals surface area contributed by atoms with Crippen molar-refractivity contribution in [1.29, 1.82) is 0 Å². The second kappa shape index (κ2) is 10.6. The van der Waals surface area contributed by atoms with Crippen molar-refractivity contribution in [3.8, 4) is 0 Å². The molecule has 1 aliphatic carbocycles. The summed E-state index contributed by atoms with van der Waals surface area (Å²) in [7, 11) is 2.78. The first-order chi connectivity index (χ1) is 19.8. The molecule has 0 amide bonds. The highest BCUT2D eigenvalue weighted by atomic mass is 35.5. The van der Waals surface area contributed by atoms with Crippen molar-refractivity contribution >= 4 is 56.1 Å². The number of ether oxygens (including phenoxy) is 2. The summed E-state index contributed by atoms with van der Waals surface area (Å²) in [4.78, 5) is 34.5. The van der Waals surface area contributed by atoms with Crippen LogP contribution in [0.15, 0.2) is 72.8 Å². The number of aliphatic hydroxyl groups excluding tert-OH is 1. The lowest BCUT2D eigenvalue weighted by atomic mass is 9.80. The SMILES string of the molecule is C=CC(C)(C)c1[nH]c2ccccc2c1C1=C(OC)C(=O)C(c2c[nH]c3c(C[C@H](O)C(C)(C)Cl)cccc23)=C(OC)C1=O. The van der Waals surface area contributed by atoms with Gasteiger partial charge in [-0.1, -0.05) is 56.3 Å². The molecule has 3 N–H and O–H groups in total. The average Bonchev–Trinajstić information content (AvgIpc) is 3.56. The van der Waals surface area contributed by atoms with E-state index in [0.29, 0.717) is 22.9 Å². The van der Waals surface area contributed by atoms with Gasteiger partial charge in [0.1, 0.15) is 0 Å². The van der Waals surface area contributed by atoms with Crippen molar-refractivity contribution in [2.45, 2.75) is 50.5 Å². The first kappa shape index (κ1) is 29.4. The summed E-state index contributed by atoms with van der Waals surface area (Å²) < 4.78 is 11.4. The van der Waals surface area contributed by atoms with Gasteiger partial charge in [0.25, 0.3) is 0 Å². The number of methoxy groups -OCH3 is 2. The van der Waals surface area contributed by atoms with E-state index in [-0.39, 0.29) is 22.7 Å². The number of benzene rings is 2. The zero-order valence-corrected chi connectivity index (χ0v) is 25.4. The molecule has 0 aliphatic heterocycles. The Morgan fingerprint density at radius 2 is 1.57 bits per heavy atom. The Balaban J connectivity index is 1.72. The maximum absolute atomic E-state index is 14.4. The van der Waals surface area contributed by atoms with Crippen molar-refractivity contribution in [3.05, 3.63) is 95.2 Å². The van der Waals surface area contributed by atoms with Gasteiger partial charge in [-0.2, -0.15) is 0 Å². The number of carbonyl (C=O) groups excluding carboxylic acids is 2. The molecule has 4 aromatic rings. The van der Waals surface area contributed by atoms with E-state index in [2.05, 4.69) is 16.5 Å². The smallest absolute Gasteiger partial charge is 0.232 e. The Morgan fingerprint density at radius 1 is 0.952 bits per heavy atom. The number of rotatable bonds is 9. The monoisotopic (exact) mass is 586 g/mol. The molecular formula is C34H35ClN2O5. The Hall–Kier alpha value is -4.07. The Kier molecular flexibility index (Phi) is 7.46. The summed E-state index contributed by atoms with van der Waals surface area (Å²) in [5.74, 6) is -1.06. The Labute approximate surface area is 249 Å². The molecule has 7 nitrogen and oxygen atoms in total. The molecule has 0 fully saturated rings. The number of aromatic nitrogens is 2. The summed E-state index contributed by atoms with van der Waals surface area (Å²) in [5, 5.41) is 12.2. The number of halogens is 1. The van der Waals surface area contributed by atoms with Crippen molar-refractivity contribution in [3.63, 3.8) is 0 Å². The highest BCUT2D eigenvalue weighted by Crippen LogP contribution is 2.44. The third-order valence-corrected chi connectivity index (χ3v) is 8.37. The maximum atomic E-state index is 14.4. The summed E-state index contributed by atoms with van der Waals surface area (Å²) in [6, 6.07) is 13.2. The van der Waals surface area contributed by atoms with Gasteiger partial charge in [-0.15, -0.1) is 18.2 Å². The van der Waals surface area contributed by atoms with Crippen molar-refractivity contribution < 1.29 is 24.2 Å². The summed E-state index contributed by atoms with van der Waals surface area (Å²) in [6.45, 7) is 11.5. The minimum Gasteiger partial charge on any atom is -0.492 e. The summed E-state index contributed by atoms with van der Waals surface area (Å²) >= 11 is 6.36. The number of fused-ring (bicyclic) bond motifs is 2. The fourth-order valence-corrected chi connectivity index (χ4v) is 5.63. The van der Waals surface area contributed by atoms with E-state index in [0.717, 1.165) is 27.7 Å². The normalized spacial score (nSPS) is 15.6. The summed E-state index contributed by atoms with van der Waals surface area (Å²) in [6.07, 6.45) is 2.97. The molecule has 0 radical (unpaired) electrons. The van der Waals surface area contributed by atoms with E-state index in [1.165, 1.54) is 14.2 Å². The van der Waals surface area contributed by atoms with Gasteiger partial charge < -0.3 is 24.5 Å². The number of Topliss-reactive ketones (excluding diaryl/α,β-unsaturated/α-hetero) is 2. The van der Waals surface area contributed by atoms with Gasteiger partial charge in [0, 0.05) is 56.7 Å². The zero-order valence-electron chi connectivity index (χ0n) is 24.6. The van der Waals surface area contributed by atoms with Crippen LogP contribution >= 0.6 is 11.6 Å². The number of aliphatic hydroxyl groups is 1. The number of hydrogen-bond donors (Lipinski definition) is 3. The van der Waals surface area contributed by atoms with Gasteiger partial charge in [-0.25, -0.2) is 0 Å². The molecule has 0 unspecified atom stereocenters. The van der Waals surface area contributed by atoms with Gasteiger partial charge in [-0.05, 0) is 25.5 Å². The molecule has 0 bridgehead atoms. The average molecular weight is 587 g/mol. The second-order valence-electron chi connectivity index (χ2n) is 11.6. The molecule has 0 saturated carbocycles. The number of para-hydroxylation sites is 2. The van der Waals surface area contributed by atoms with Gasteiger partial charge in [-0.3, -0.25) is 9.59 Å². The minimum absolute atomic E-state index is 0.0634. The number of carbonyl (C=O) groups is 2.